The van der Waals surface area contributed by atoms with Crippen molar-refractivity contribution in [2.24, 2.45) is 0 Å². The molecule has 0 saturated carbocycles. The Labute approximate surface area is 204 Å². The van der Waals surface area contributed by atoms with Crippen LogP contribution >= 0.6 is 0 Å². The highest BCUT2D eigenvalue weighted by atomic mass is 16.5. The molecule has 0 bridgehead atoms. The van der Waals surface area contributed by atoms with Crippen LogP contribution in [-0.2, 0) is 9.53 Å². The van der Waals surface area contributed by atoms with Crippen LogP contribution in [0.3, 0.4) is 0 Å². The van der Waals surface area contributed by atoms with Gasteiger partial charge in [0.2, 0.25) is 5.91 Å². The molecule has 7 nitrogen and oxygen atoms in total. The maximum absolute atomic E-state index is 12.6. The highest BCUT2D eigenvalue weighted by Gasteiger charge is 2.30. The van der Waals surface area contributed by atoms with Gasteiger partial charge in [0.25, 0.3) is 0 Å². The third-order valence-electron chi connectivity index (χ3n) is 6.15. The fourth-order valence-corrected chi connectivity index (χ4v) is 4.61. The van der Waals surface area contributed by atoms with Gasteiger partial charge in [0.1, 0.15) is 6.61 Å². The molecule has 2 amide bonds. The number of aryl methyl sites for hydroxylation is 1. The summed E-state index contributed by atoms with van der Waals surface area (Å²) in [7, 11) is 0. The number of anilines is 1. The van der Waals surface area contributed by atoms with Crippen LogP contribution in [0.1, 0.15) is 53.2 Å². The minimum Gasteiger partial charge on any atom is -0.478 e. The normalized spacial score (nSPS) is 12.4. The highest BCUT2D eigenvalue weighted by molar-refractivity contribution is 6.01. The zero-order chi connectivity index (χ0) is 25.2. The summed E-state index contributed by atoms with van der Waals surface area (Å²) in [6.45, 7) is 5.26. The van der Waals surface area contributed by atoms with Crippen LogP contribution in [0.5, 0.6) is 0 Å². The van der Waals surface area contributed by atoms with Gasteiger partial charge in [-0.25, -0.2) is 9.59 Å². The van der Waals surface area contributed by atoms with E-state index in [4.69, 9.17) is 4.74 Å². The molecule has 180 valence electrons. The predicted molar refractivity (Wildman–Crippen MR) is 134 cm³/mol. The Hall–Kier alpha value is -4.13. The van der Waals surface area contributed by atoms with Crippen LogP contribution in [-0.4, -0.2) is 35.2 Å². The van der Waals surface area contributed by atoms with Crippen molar-refractivity contribution in [1.82, 2.24) is 5.32 Å². The number of aromatic carboxylic acids is 1. The molecule has 1 aliphatic carbocycles. The van der Waals surface area contributed by atoms with Gasteiger partial charge in [0.05, 0.1) is 11.3 Å². The summed E-state index contributed by atoms with van der Waals surface area (Å²) in [5.41, 5.74) is 4.42. The molecule has 0 aromatic heterocycles. The molecule has 4 rings (SSSR count). The number of carbonyl (C=O) groups excluding carboxylic acids is 2. The van der Waals surface area contributed by atoms with Crippen LogP contribution in [0.25, 0.3) is 11.1 Å². The Morgan fingerprint density at radius 1 is 0.914 bits per heavy atom. The Morgan fingerprint density at radius 2 is 1.51 bits per heavy atom. The monoisotopic (exact) mass is 472 g/mol. The number of carbonyl (C=O) groups is 3. The smallest absolute Gasteiger partial charge is 0.407 e. The Morgan fingerprint density at radius 3 is 2.11 bits per heavy atom. The summed E-state index contributed by atoms with van der Waals surface area (Å²) in [5, 5.41) is 14.9. The van der Waals surface area contributed by atoms with E-state index >= 15 is 0 Å². The molecule has 0 saturated heterocycles. The number of hydrogen-bond acceptors (Lipinski definition) is 4. The first-order valence-electron chi connectivity index (χ1n) is 11.4. The fraction of sp³-hybridized carbons (Fsp3) is 0.250. The van der Waals surface area contributed by atoms with Gasteiger partial charge in [-0.1, -0.05) is 60.7 Å². The van der Waals surface area contributed by atoms with Crippen LogP contribution < -0.4 is 10.6 Å². The van der Waals surface area contributed by atoms with Crippen molar-refractivity contribution in [2.75, 3.05) is 11.9 Å². The van der Waals surface area contributed by atoms with E-state index in [1.807, 2.05) is 36.4 Å². The molecule has 0 aliphatic heterocycles. The number of ether oxygens (including phenoxy) is 1. The largest absolute Gasteiger partial charge is 0.478 e. The van der Waals surface area contributed by atoms with E-state index in [-0.39, 0.29) is 30.2 Å². The van der Waals surface area contributed by atoms with Crippen LogP contribution in [0.2, 0.25) is 0 Å². The maximum Gasteiger partial charge on any atom is 0.407 e. The summed E-state index contributed by atoms with van der Waals surface area (Å²) >= 11 is 0. The van der Waals surface area contributed by atoms with Gasteiger partial charge in [-0.2, -0.15) is 0 Å². The first kappa shape index (κ1) is 24.0. The third kappa shape index (κ3) is 5.19. The lowest BCUT2D eigenvalue weighted by molar-refractivity contribution is -0.117. The number of amides is 2. The summed E-state index contributed by atoms with van der Waals surface area (Å²) in [4.78, 5) is 36.8. The van der Waals surface area contributed by atoms with E-state index in [2.05, 4.69) is 22.8 Å². The highest BCUT2D eigenvalue weighted by Crippen LogP contribution is 2.44. The molecule has 0 spiro atoms. The molecular weight excluding hydrogens is 444 g/mol. The SMILES string of the molecule is Cc1cccc(NC(=O)CC(C)(C)NC(=O)OCC2c3ccccc3-c3ccccc32)c1C(=O)O. The molecule has 0 radical (unpaired) electrons. The second-order valence-corrected chi connectivity index (χ2v) is 9.36. The zero-order valence-electron chi connectivity index (χ0n) is 19.9. The van der Waals surface area contributed by atoms with Gasteiger partial charge in [0, 0.05) is 17.9 Å². The van der Waals surface area contributed by atoms with Crippen molar-refractivity contribution < 1.29 is 24.2 Å². The van der Waals surface area contributed by atoms with Gasteiger partial charge in [-0.05, 0) is 54.7 Å². The summed E-state index contributed by atoms with van der Waals surface area (Å²) in [5.74, 6) is -1.59. The number of benzene rings is 3. The topological polar surface area (TPSA) is 105 Å². The molecule has 0 heterocycles. The quantitative estimate of drug-likeness (QED) is 0.431. The fourth-order valence-electron chi connectivity index (χ4n) is 4.61. The number of nitrogens with one attached hydrogen (secondary N) is 2. The third-order valence-corrected chi connectivity index (χ3v) is 6.15. The van der Waals surface area contributed by atoms with E-state index < -0.39 is 23.5 Å². The van der Waals surface area contributed by atoms with Crippen molar-refractivity contribution in [3.8, 4) is 11.1 Å². The zero-order valence-corrected chi connectivity index (χ0v) is 19.9. The van der Waals surface area contributed by atoms with Gasteiger partial charge in [0.15, 0.2) is 0 Å². The van der Waals surface area contributed by atoms with E-state index in [1.165, 1.54) is 0 Å². The standard InChI is InChI=1S/C28H28N2O5/c1-17-9-8-14-23(25(17)26(32)33)29-24(31)15-28(2,3)30-27(34)35-16-22-20-12-6-4-10-18(20)19-11-5-7-13-21(19)22/h4-14,22H,15-16H2,1-3H3,(H,29,31)(H,30,34)(H,32,33). The lowest BCUT2D eigenvalue weighted by Crippen LogP contribution is -2.46. The lowest BCUT2D eigenvalue weighted by atomic mass is 9.98. The molecule has 1 aliphatic rings. The van der Waals surface area contributed by atoms with Crippen LogP contribution in [0.4, 0.5) is 10.5 Å². The molecule has 7 heteroatoms. The molecule has 35 heavy (non-hydrogen) atoms. The average molecular weight is 473 g/mol. The molecule has 3 aromatic carbocycles. The summed E-state index contributed by atoms with van der Waals surface area (Å²) in [6.07, 6.45) is -0.684. The van der Waals surface area contributed by atoms with Gasteiger partial charge in [-0.15, -0.1) is 0 Å². The van der Waals surface area contributed by atoms with Crippen molar-refractivity contribution >= 4 is 23.7 Å². The van der Waals surface area contributed by atoms with E-state index in [9.17, 15) is 19.5 Å². The first-order valence-corrected chi connectivity index (χ1v) is 11.4. The molecule has 0 fully saturated rings. The molecule has 0 unspecified atom stereocenters. The summed E-state index contributed by atoms with van der Waals surface area (Å²) < 4.78 is 5.58. The minimum atomic E-state index is -1.12. The van der Waals surface area contributed by atoms with Crippen LogP contribution in [0, 0.1) is 6.92 Å². The average Bonchev–Trinajstić information content (AvgIpc) is 3.10. The minimum absolute atomic E-state index is 0.0446. The number of rotatable bonds is 7. The van der Waals surface area contributed by atoms with Gasteiger partial charge >= 0.3 is 12.1 Å². The van der Waals surface area contributed by atoms with Gasteiger partial charge in [-0.3, -0.25) is 4.79 Å². The Kier molecular flexibility index (Phi) is 6.60. The number of carboxylic acid groups (broad SMARTS) is 1. The second-order valence-electron chi connectivity index (χ2n) is 9.36. The van der Waals surface area contributed by atoms with Crippen molar-refractivity contribution in [3.63, 3.8) is 0 Å². The Bertz CT molecular complexity index is 1250. The van der Waals surface area contributed by atoms with Gasteiger partial charge < -0.3 is 20.5 Å². The van der Waals surface area contributed by atoms with Crippen molar-refractivity contribution in [3.05, 3.63) is 89.0 Å². The number of carboxylic acids is 1. The Balaban J connectivity index is 1.37. The van der Waals surface area contributed by atoms with Crippen LogP contribution in [0.15, 0.2) is 66.7 Å². The molecule has 0 atom stereocenters. The maximum atomic E-state index is 12.6. The van der Waals surface area contributed by atoms with Crippen molar-refractivity contribution in [2.45, 2.75) is 38.6 Å². The molecule has 3 aromatic rings. The predicted octanol–water partition coefficient (Wildman–Crippen LogP) is 5.34. The van der Waals surface area contributed by atoms with E-state index in [0.29, 0.717) is 5.56 Å². The van der Waals surface area contributed by atoms with Crippen molar-refractivity contribution in [1.29, 1.82) is 0 Å². The second kappa shape index (κ2) is 9.62. The molecule has 3 N–H and O–H groups in total. The summed E-state index contributed by atoms with van der Waals surface area (Å²) in [6, 6.07) is 21.1. The number of fused-ring (bicyclic) bond motifs is 3. The lowest BCUT2D eigenvalue weighted by Gasteiger charge is -2.26. The number of hydrogen-bond donors (Lipinski definition) is 3. The number of alkyl carbamates (subject to hydrolysis) is 1. The van der Waals surface area contributed by atoms with E-state index in [0.717, 1.165) is 22.3 Å². The molecular formula is C28H28N2O5. The van der Waals surface area contributed by atoms with E-state index in [1.54, 1.807) is 39.0 Å². The first-order chi connectivity index (χ1) is 16.7.